The van der Waals surface area contributed by atoms with Gasteiger partial charge in [-0.2, -0.15) is 0 Å². The lowest BCUT2D eigenvalue weighted by molar-refractivity contribution is -0.870. The maximum Gasteiger partial charge on any atom is 0.147 e. The third-order valence-corrected chi connectivity index (χ3v) is 9.44. The van der Waals surface area contributed by atoms with E-state index in [1.54, 1.807) is 0 Å². The first-order valence-corrected chi connectivity index (χ1v) is 20.8. The number of ether oxygens (including phenoxy) is 1. The molecule has 50 heavy (non-hydrogen) atoms. The first kappa shape index (κ1) is 53.8. The predicted molar refractivity (Wildman–Crippen MR) is 215 cm³/mol. The number of carboxylic acids is 1. The van der Waals surface area contributed by atoms with E-state index in [0.717, 1.165) is 8.97 Å². The van der Waals surface area contributed by atoms with E-state index in [9.17, 15) is 9.90 Å². The molecule has 0 saturated heterocycles. The molecule has 0 saturated carbocycles. The maximum absolute atomic E-state index is 10.6. The summed E-state index contributed by atoms with van der Waals surface area (Å²) in [5.41, 5.74) is -0.225. The van der Waals surface area contributed by atoms with Gasteiger partial charge in [0, 0.05) is 0 Å². The minimum Gasteiger partial charge on any atom is -1.00 e. The van der Waals surface area contributed by atoms with Gasteiger partial charge in [0.05, 0.1) is 84.1 Å². The Morgan fingerprint density at radius 3 is 1.02 bits per heavy atom. The molecular formula is C42H81BrCl2N2O3. The van der Waals surface area contributed by atoms with Gasteiger partial charge in [-0.25, -0.2) is 0 Å². The Labute approximate surface area is 332 Å². The number of quaternary nitrogens is 2. The normalized spacial score (nSPS) is 11.2. The van der Waals surface area contributed by atoms with Gasteiger partial charge >= 0.3 is 0 Å². The molecule has 0 N–H and O–H groups in total. The molecule has 5 nitrogen and oxygen atoms in total. The smallest absolute Gasteiger partial charge is 0.147 e. The van der Waals surface area contributed by atoms with E-state index in [-0.39, 0.29) is 38.3 Å². The number of hydrogen-bond donors (Lipinski definition) is 0. The van der Waals surface area contributed by atoms with Crippen LogP contribution in [0.15, 0.2) is 12.1 Å². The van der Waals surface area contributed by atoms with Crippen LogP contribution in [0.25, 0.3) is 0 Å². The lowest BCUT2D eigenvalue weighted by Gasteiger charge is -2.23. The van der Waals surface area contributed by atoms with Crippen LogP contribution in [0.2, 0.25) is 10.0 Å². The number of nitrogens with zero attached hydrogens (tertiary/aromatic N) is 2. The number of aromatic carboxylic acids is 1. The third-order valence-electron chi connectivity index (χ3n) is 8.83. The molecule has 0 radical (unpaired) electrons. The number of hydrogen-bond acceptors (Lipinski definition) is 3. The Morgan fingerprint density at radius 1 is 0.540 bits per heavy atom. The predicted octanol–water partition coefficient (Wildman–Crippen LogP) is 9.16. The zero-order valence-corrected chi connectivity index (χ0v) is 37.4. The van der Waals surface area contributed by atoms with Crippen LogP contribution in [0.3, 0.4) is 0 Å². The first-order chi connectivity index (χ1) is 23.2. The van der Waals surface area contributed by atoms with Crippen LogP contribution in [0.5, 0.6) is 5.75 Å². The van der Waals surface area contributed by atoms with E-state index >= 15 is 0 Å². The molecular weight excluding hydrogens is 731 g/mol. The lowest BCUT2D eigenvalue weighted by atomic mass is 10.1. The van der Waals surface area contributed by atoms with Crippen LogP contribution in [0, 0.1) is 0 Å². The van der Waals surface area contributed by atoms with Gasteiger partial charge in [0.2, 0.25) is 0 Å². The number of halogens is 3. The van der Waals surface area contributed by atoms with Crippen molar-refractivity contribution in [3.63, 3.8) is 0 Å². The molecule has 0 heterocycles. The fraction of sp³-hybridized carbons (Fsp3) is 0.833. The van der Waals surface area contributed by atoms with Gasteiger partial charge in [0.25, 0.3) is 0 Å². The molecule has 0 aliphatic rings. The average Bonchev–Trinajstić information content (AvgIpc) is 3.02. The molecule has 0 atom stereocenters. The molecule has 0 aliphatic heterocycles. The van der Waals surface area contributed by atoms with Gasteiger partial charge in [-0.3, -0.25) is 0 Å². The van der Waals surface area contributed by atoms with Crippen LogP contribution in [0.1, 0.15) is 178 Å². The Kier molecular flexibility index (Phi) is 38.2. The van der Waals surface area contributed by atoms with E-state index < -0.39 is 5.97 Å². The second kappa shape index (κ2) is 35.5. The Balaban J connectivity index is -0.000000665. The van der Waals surface area contributed by atoms with Gasteiger partial charge in [-0.15, -0.1) is 0 Å². The van der Waals surface area contributed by atoms with E-state index in [4.69, 9.17) is 27.9 Å². The SMILES string of the molecule is CCCCCCCCCCCCCC[N+](C)(C)C.CCCCCCCCCCCCCC[N+](C)(C)C.COc1c(Cl)ccc(Cl)c1C(=O)[O-].[Br-]. The zero-order valence-electron chi connectivity index (χ0n) is 34.3. The molecule has 0 bridgehead atoms. The molecule has 0 aliphatic carbocycles. The number of carboxylic acid groups (broad SMARTS) is 1. The molecule has 1 aromatic carbocycles. The van der Waals surface area contributed by atoms with Crippen molar-refractivity contribution in [1.29, 1.82) is 0 Å². The molecule has 8 heteroatoms. The maximum atomic E-state index is 10.6. The van der Waals surface area contributed by atoms with Crippen molar-refractivity contribution in [3.05, 3.63) is 27.7 Å². The van der Waals surface area contributed by atoms with Crippen LogP contribution >= 0.6 is 23.2 Å². The number of rotatable bonds is 28. The number of carbonyl (C=O) groups is 1. The number of benzene rings is 1. The highest BCUT2D eigenvalue weighted by molar-refractivity contribution is 6.36. The lowest BCUT2D eigenvalue weighted by Crippen LogP contribution is -3.00. The average molecular weight is 813 g/mol. The highest BCUT2D eigenvalue weighted by atomic mass is 79.9. The highest BCUT2D eigenvalue weighted by Gasteiger charge is 2.12. The standard InChI is InChI=1S/2C17H38N.C8H6Cl2O3.BrH/c2*1-5-6-7-8-9-10-11-12-13-14-15-16-17-18(2,3)4;1-13-7-5(10)3-2-4(9)6(7)8(11)12;/h2*5-17H2,1-4H3;2-3H,1H3,(H,11,12);1H/q2*+1;;/p-2. The molecule has 0 aromatic heterocycles. The van der Waals surface area contributed by atoms with Gasteiger partial charge in [0.15, 0.2) is 0 Å². The Hall–Kier alpha value is -0.530. The van der Waals surface area contributed by atoms with Crippen LogP contribution in [-0.2, 0) is 0 Å². The van der Waals surface area contributed by atoms with Crippen molar-refractivity contribution >= 4 is 29.2 Å². The summed E-state index contributed by atoms with van der Waals surface area (Å²) in [6.45, 7) is 7.24. The molecule has 298 valence electrons. The van der Waals surface area contributed by atoms with Gasteiger partial charge in [-0.1, -0.05) is 165 Å². The van der Waals surface area contributed by atoms with Crippen molar-refractivity contribution in [2.45, 2.75) is 168 Å². The van der Waals surface area contributed by atoms with Crippen molar-refractivity contribution < 1.29 is 40.6 Å². The third kappa shape index (κ3) is 37.2. The number of carbonyl (C=O) groups excluding carboxylic acids is 1. The van der Waals surface area contributed by atoms with Crippen LogP contribution in [0.4, 0.5) is 0 Å². The van der Waals surface area contributed by atoms with Crippen molar-refractivity contribution in [1.82, 2.24) is 0 Å². The summed E-state index contributed by atoms with van der Waals surface area (Å²) in [6, 6.07) is 2.83. The zero-order chi connectivity index (χ0) is 37.4. The van der Waals surface area contributed by atoms with Crippen molar-refractivity contribution in [2.24, 2.45) is 0 Å². The van der Waals surface area contributed by atoms with Gasteiger partial charge in [0.1, 0.15) is 5.75 Å². The highest BCUT2D eigenvalue weighted by Crippen LogP contribution is 2.33. The topological polar surface area (TPSA) is 49.4 Å². The summed E-state index contributed by atoms with van der Waals surface area (Å²) >= 11 is 11.3. The van der Waals surface area contributed by atoms with E-state index in [1.165, 1.54) is 186 Å². The second-order valence-electron chi connectivity index (χ2n) is 16.0. The minimum atomic E-state index is -1.41. The molecule has 1 aromatic rings. The first-order valence-electron chi connectivity index (χ1n) is 20.0. The monoisotopic (exact) mass is 810 g/mol. The van der Waals surface area contributed by atoms with Crippen molar-refractivity contribution in [3.8, 4) is 5.75 Å². The fourth-order valence-corrected chi connectivity index (χ4v) is 6.24. The summed E-state index contributed by atoms with van der Waals surface area (Å²) in [5, 5.41) is 10.8. The fourth-order valence-electron chi connectivity index (χ4n) is 5.78. The summed E-state index contributed by atoms with van der Waals surface area (Å²) in [5.74, 6) is -1.39. The minimum absolute atomic E-state index is 0. The Morgan fingerprint density at radius 2 is 0.800 bits per heavy atom. The molecule has 0 unspecified atom stereocenters. The summed E-state index contributed by atoms with van der Waals surface area (Å²) in [4.78, 5) is 10.6. The van der Waals surface area contributed by atoms with E-state index in [2.05, 4.69) is 56.1 Å². The van der Waals surface area contributed by atoms with E-state index in [1.807, 2.05) is 0 Å². The van der Waals surface area contributed by atoms with Gasteiger partial charge < -0.3 is 40.6 Å². The molecule has 0 fully saturated rings. The Bertz CT molecular complexity index is 866. The van der Waals surface area contributed by atoms with Crippen molar-refractivity contribution in [2.75, 3.05) is 62.5 Å². The summed E-state index contributed by atoms with van der Waals surface area (Å²) in [7, 11) is 15.1. The molecule has 1 rings (SSSR count). The summed E-state index contributed by atoms with van der Waals surface area (Å²) < 4.78 is 7.03. The van der Waals surface area contributed by atoms with Crippen LogP contribution < -0.4 is 26.8 Å². The second-order valence-corrected chi connectivity index (χ2v) is 16.8. The molecule has 0 spiro atoms. The number of methoxy groups -OCH3 is 1. The quantitative estimate of drug-likeness (QED) is 0.0627. The van der Waals surface area contributed by atoms with Crippen LogP contribution in [-0.4, -0.2) is 77.4 Å². The summed E-state index contributed by atoms with van der Waals surface area (Å²) in [6.07, 6.45) is 34.8. The number of unbranched alkanes of at least 4 members (excludes halogenated alkanes) is 22. The largest absolute Gasteiger partial charge is 1.00 e. The molecule has 0 amide bonds. The van der Waals surface area contributed by atoms with E-state index in [0.29, 0.717) is 0 Å². The van der Waals surface area contributed by atoms with Gasteiger partial charge in [-0.05, 0) is 37.8 Å².